The topological polar surface area (TPSA) is 88.0 Å². The van der Waals surface area contributed by atoms with E-state index < -0.39 is 11.6 Å². The lowest BCUT2D eigenvalue weighted by atomic mass is 10.2. The zero-order valence-electron chi connectivity index (χ0n) is 4.48. The molecule has 0 saturated carbocycles. The van der Waals surface area contributed by atoms with Gasteiger partial charge in [0.1, 0.15) is 6.34 Å². The molecule has 0 saturated heterocycles. The van der Waals surface area contributed by atoms with Gasteiger partial charge >= 0.3 is 0 Å². The molecule has 1 aliphatic heterocycles. The number of rotatable bonds is 1. The van der Waals surface area contributed by atoms with E-state index in [9.17, 15) is 4.79 Å². The number of carbonyl (C=O) groups excluding carboxylic acids is 1. The summed E-state index contributed by atoms with van der Waals surface area (Å²) >= 11 is 0. The Kier molecular flexibility index (Phi) is 1.07. The number of hydrogen-bond acceptors (Lipinski definition) is 4. The summed E-state index contributed by atoms with van der Waals surface area (Å²) in [5.74, 6) is -0.917. The second kappa shape index (κ2) is 1.63. The Balaban J connectivity index is 2.88. The number of aliphatic hydroxyl groups is 1. The van der Waals surface area contributed by atoms with Crippen molar-refractivity contribution in [3.05, 3.63) is 0 Å². The summed E-state index contributed by atoms with van der Waals surface area (Å²) in [6.07, 6.45) is 2.06. The van der Waals surface area contributed by atoms with Gasteiger partial charge in [0.05, 0.1) is 6.21 Å². The minimum atomic E-state index is -1.89. The molecule has 0 radical (unpaired) electrons. The number of nitrogens with two attached hydrogens (primary N) is 1. The third-order valence-corrected chi connectivity index (χ3v) is 0.938. The van der Waals surface area contributed by atoms with Crippen LogP contribution in [-0.2, 0) is 4.79 Å². The first-order valence-corrected chi connectivity index (χ1v) is 2.25. The van der Waals surface area contributed by atoms with E-state index in [4.69, 9.17) is 10.8 Å². The Morgan fingerprint density at radius 3 is 2.67 bits per heavy atom. The van der Waals surface area contributed by atoms with Crippen LogP contribution in [0.3, 0.4) is 0 Å². The van der Waals surface area contributed by atoms with Crippen molar-refractivity contribution in [2.24, 2.45) is 15.7 Å². The number of carbonyl (C=O) groups is 1. The van der Waals surface area contributed by atoms with Gasteiger partial charge in [0.15, 0.2) is 0 Å². The molecule has 5 nitrogen and oxygen atoms in total. The van der Waals surface area contributed by atoms with Crippen LogP contribution >= 0.6 is 0 Å². The van der Waals surface area contributed by atoms with Crippen LogP contribution in [0.25, 0.3) is 0 Å². The Labute approximate surface area is 50.9 Å². The maximum Gasteiger partial charge on any atom is 0.278 e. The molecule has 1 unspecified atom stereocenters. The average Bonchev–Trinajstić information content (AvgIpc) is 2.16. The quantitative estimate of drug-likeness (QED) is 0.438. The van der Waals surface area contributed by atoms with Gasteiger partial charge < -0.3 is 10.8 Å². The van der Waals surface area contributed by atoms with E-state index in [0.717, 1.165) is 12.6 Å². The number of amides is 1. The van der Waals surface area contributed by atoms with Gasteiger partial charge in [0.2, 0.25) is 0 Å². The molecule has 1 rings (SSSR count). The van der Waals surface area contributed by atoms with Crippen molar-refractivity contribution in [1.82, 2.24) is 0 Å². The molecule has 1 heterocycles. The van der Waals surface area contributed by atoms with E-state index >= 15 is 0 Å². The molecule has 0 aromatic carbocycles. The second-order valence-corrected chi connectivity index (χ2v) is 1.61. The highest BCUT2D eigenvalue weighted by atomic mass is 16.3. The highest BCUT2D eigenvalue weighted by Crippen LogP contribution is 2.04. The highest BCUT2D eigenvalue weighted by Gasteiger charge is 2.32. The van der Waals surface area contributed by atoms with E-state index in [2.05, 4.69) is 9.98 Å². The molecule has 0 fully saturated rings. The number of nitrogens with zero attached hydrogens (tertiary/aromatic N) is 2. The van der Waals surface area contributed by atoms with Crippen LogP contribution in [0.1, 0.15) is 0 Å². The smallest absolute Gasteiger partial charge is 0.278 e. The summed E-state index contributed by atoms with van der Waals surface area (Å²) in [6, 6.07) is 0. The molecule has 3 N–H and O–H groups in total. The van der Waals surface area contributed by atoms with Gasteiger partial charge in [-0.1, -0.05) is 0 Å². The Bertz CT molecular complexity index is 184. The molecular weight excluding hydrogens is 122 g/mol. The zero-order valence-corrected chi connectivity index (χ0v) is 4.48. The number of hydrogen-bond donors (Lipinski definition) is 2. The van der Waals surface area contributed by atoms with Crippen LogP contribution in [0.5, 0.6) is 0 Å². The highest BCUT2D eigenvalue weighted by molar-refractivity contribution is 6.05. The minimum absolute atomic E-state index is 0.917. The van der Waals surface area contributed by atoms with E-state index in [1.807, 2.05) is 0 Å². The van der Waals surface area contributed by atoms with Gasteiger partial charge in [0, 0.05) is 0 Å². The van der Waals surface area contributed by atoms with Crippen molar-refractivity contribution in [2.75, 3.05) is 0 Å². The SMILES string of the molecule is NC(=O)C1(O)C=NC=N1. The summed E-state index contributed by atoms with van der Waals surface area (Å²) < 4.78 is 0. The minimum Gasteiger partial charge on any atom is -0.365 e. The van der Waals surface area contributed by atoms with Crippen molar-refractivity contribution in [3.8, 4) is 0 Å². The van der Waals surface area contributed by atoms with Crippen molar-refractivity contribution < 1.29 is 9.90 Å². The predicted octanol–water partition coefficient (Wildman–Crippen LogP) is -1.73. The molecule has 48 valence electrons. The van der Waals surface area contributed by atoms with E-state index in [-0.39, 0.29) is 0 Å². The van der Waals surface area contributed by atoms with Crippen molar-refractivity contribution in [3.63, 3.8) is 0 Å². The van der Waals surface area contributed by atoms with Gasteiger partial charge in [-0.05, 0) is 0 Å². The number of aliphatic imine (C=N–C) groups is 2. The van der Waals surface area contributed by atoms with Crippen molar-refractivity contribution in [1.29, 1.82) is 0 Å². The van der Waals surface area contributed by atoms with Crippen molar-refractivity contribution in [2.45, 2.75) is 5.72 Å². The van der Waals surface area contributed by atoms with Crippen LogP contribution in [0.2, 0.25) is 0 Å². The zero-order chi connectivity index (χ0) is 6.91. The fraction of sp³-hybridized carbons (Fsp3) is 0.250. The Morgan fingerprint density at radius 1 is 1.78 bits per heavy atom. The van der Waals surface area contributed by atoms with E-state index in [0.29, 0.717) is 0 Å². The monoisotopic (exact) mass is 127 g/mol. The van der Waals surface area contributed by atoms with Crippen LogP contribution in [0.4, 0.5) is 0 Å². The molecule has 0 aromatic rings. The normalized spacial score (nSPS) is 31.2. The molecule has 0 aromatic heterocycles. The molecule has 0 spiro atoms. The first-order valence-electron chi connectivity index (χ1n) is 2.25. The lowest BCUT2D eigenvalue weighted by Crippen LogP contribution is -2.42. The van der Waals surface area contributed by atoms with Crippen LogP contribution < -0.4 is 5.73 Å². The first kappa shape index (κ1) is 5.90. The third kappa shape index (κ3) is 0.812. The van der Waals surface area contributed by atoms with E-state index in [1.54, 1.807) is 0 Å². The van der Waals surface area contributed by atoms with E-state index in [1.165, 1.54) is 0 Å². The largest absolute Gasteiger partial charge is 0.365 e. The summed E-state index contributed by atoms with van der Waals surface area (Å²) in [5, 5.41) is 8.95. The fourth-order valence-corrected chi connectivity index (χ4v) is 0.419. The van der Waals surface area contributed by atoms with Crippen molar-refractivity contribution >= 4 is 18.5 Å². The summed E-state index contributed by atoms with van der Waals surface area (Å²) in [7, 11) is 0. The van der Waals surface area contributed by atoms with Gasteiger partial charge in [-0.15, -0.1) is 0 Å². The molecule has 1 amide bonds. The fourth-order valence-electron chi connectivity index (χ4n) is 0.419. The standard InChI is InChI=1S/C4H5N3O2/c5-3(8)4(9)1-6-2-7-4/h1-2,9H,(H2,5,8). The van der Waals surface area contributed by atoms with Gasteiger partial charge in [-0.3, -0.25) is 4.79 Å². The molecule has 5 heteroatoms. The Morgan fingerprint density at radius 2 is 2.44 bits per heavy atom. The molecule has 0 bridgehead atoms. The molecular formula is C4H5N3O2. The maximum atomic E-state index is 10.3. The third-order valence-electron chi connectivity index (χ3n) is 0.938. The molecule has 9 heavy (non-hydrogen) atoms. The summed E-state index contributed by atoms with van der Waals surface area (Å²) in [5.41, 5.74) is 2.85. The molecule has 1 aliphatic rings. The lowest BCUT2D eigenvalue weighted by molar-refractivity contribution is -0.129. The number of primary amides is 1. The van der Waals surface area contributed by atoms with Gasteiger partial charge in [-0.2, -0.15) is 0 Å². The van der Waals surface area contributed by atoms with Gasteiger partial charge in [-0.25, -0.2) is 9.98 Å². The van der Waals surface area contributed by atoms with Crippen LogP contribution in [0, 0.1) is 0 Å². The maximum absolute atomic E-state index is 10.3. The van der Waals surface area contributed by atoms with Gasteiger partial charge in [0.25, 0.3) is 11.6 Å². The second-order valence-electron chi connectivity index (χ2n) is 1.61. The summed E-state index contributed by atoms with van der Waals surface area (Å²) in [4.78, 5) is 17.0. The van der Waals surface area contributed by atoms with Crippen LogP contribution in [0.15, 0.2) is 9.98 Å². The molecule has 1 atom stereocenters. The average molecular weight is 127 g/mol. The first-order chi connectivity index (χ1) is 4.15. The molecule has 0 aliphatic carbocycles. The summed E-state index contributed by atoms with van der Waals surface area (Å²) in [6.45, 7) is 0. The predicted molar refractivity (Wildman–Crippen MR) is 31.1 cm³/mol. The van der Waals surface area contributed by atoms with Crippen LogP contribution in [-0.4, -0.2) is 29.3 Å². The lowest BCUT2D eigenvalue weighted by Gasteiger charge is -2.07. The Hall–Kier alpha value is -1.23.